The molecule has 1 aromatic carbocycles. The van der Waals surface area contributed by atoms with Gasteiger partial charge in [-0.3, -0.25) is 0 Å². The summed E-state index contributed by atoms with van der Waals surface area (Å²) >= 11 is 0. The molecule has 148 valence electrons. The van der Waals surface area contributed by atoms with Gasteiger partial charge in [0.25, 0.3) is 0 Å². The summed E-state index contributed by atoms with van der Waals surface area (Å²) in [6.45, 7) is 7.17. The highest BCUT2D eigenvalue weighted by Gasteiger charge is 2.31. The summed E-state index contributed by atoms with van der Waals surface area (Å²) in [4.78, 5) is 11.7. The maximum Gasteiger partial charge on any atom is 0.342 e. The normalized spacial score (nSPS) is 13.0. The van der Waals surface area contributed by atoms with Gasteiger partial charge in [0.05, 0.1) is 7.11 Å². The van der Waals surface area contributed by atoms with Crippen LogP contribution in [-0.4, -0.2) is 28.0 Å². The molecule has 27 heavy (non-hydrogen) atoms. The predicted octanol–water partition coefficient (Wildman–Crippen LogP) is 2.78. The Kier molecular flexibility index (Phi) is 6.46. The molecule has 3 N–H and O–H groups in total. The van der Waals surface area contributed by atoms with Gasteiger partial charge in [-0.25, -0.2) is 17.9 Å². The summed E-state index contributed by atoms with van der Waals surface area (Å²) < 4.78 is 38.0. The second kappa shape index (κ2) is 8.24. The first kappa shape index (κ1) is 21.1. The minimum absolute atomic E-state index is 0.0202. The van der Waals surface area contributed by atoms with E-state index in [-0.39, 0.29) is 28.5 Å². The van der Waals surface area contributed by atoms with Gasteiger partial charge in [-0.05, 0) is 30.9 Å². The Morgan fingerprint density at radius 2 is 1.70 bits per heavy atom. The fourth-order valence-corrected chi connectivity index (χ4v) is 4.30. The SMILES string of the molecule is COC(=O)c1c(C)oc(C)c1S(=O)(=O)NCC(N)c1ccc(C(C)C)cc1. The molecular formula is C19H26N2O5S. The molecule has 0 radical (unpaired) electrons. The number of esters is 1. The van der Waals surface area contributed by atoms with Crippen molar-refractivity contribution >= 4 is 16.0 Å². The van der Waals surface area contributed by atoms with Gasteiger partial charge in [-0.1, -0.05) is 38.1 Å². The largest absolute Gasteiger partial charge is 0.465 e. The number of sulfonamides is 1. The molecule has 1 atom stereocenters. The standard InChI is InChI=1S/C19H26N2O5S/c1-11(2)14-6-8-15(9-7-14)16(20)10-21-27(23,24)18-13(4)26-12(3)17(18)19(22)25-5/h6-9,11,16,21H,10,20H2,1-5H3. The predicted molar refractivity (Wildman–Crippen MR) is 102 cm³/mol. The summed E-state index contributed by atoms with van der Waals surface area (Å²) in [5, 5.41) is 0. The number of methoxy groups -OCH3 is 1. The molecule has 0 aliphatic heterocycles. The summed E-state index contributed by atoms with van der Waals surface area (Å²) in [5.74, 6) is -0.0559. The van der Waals surface area contributed by atoms with Crippen molar-refractivity contribution in [3.8, 4) is 0 Å². The molecule has 1 heterocycles. The molecular weight excluding hydrogens is 368 g/mol. The fraction of sp³-hybridized carbons (Fsp3) is 0.421. The minimum atomic E-state index is -4.01. The molecule has 1 aromatic heterocycles. The topological polar surface area (TPSA) is 112 Å². The molecule has 0 aliphatic carbocycles. The average molecular weight is 394 g/mol. The molecule has 0 spiro atoms. The Morgan fingerprint density at radius 3 is 2.22 bits per heavy atom. The first-order valence-electron chi connectivity index (χ1n) is 8.61. The van der Waals surface area contributed by atoms with Crippen LogP contribution in [0.5, 0.6) is 0 Å². The Bertz CT molecular complexity index is 914. The van der Waals surface area contributed by atoms with Crippen LogP contribution in [0.15, 0.2) is 33.6 Å². The third-order valence-corrected chi connectivity index (χ3v) is 5.96. The lowest BCUT2D eigenvalue weighted by atomic mass is 9.99. The Morgan fingerprint density at radius 1 is 1.15 bits per heavy atom. The zero-order valence-corrected chi connectivity index (χ0v) is 17.0. The minimum Gasteiger partial charge on any atom is -0.465 e. The molecule has 0 bridgehead atoms. The van der Waals surface area contributed by atoms with Crippen molar-refractivity contribution in [2.75, 3.05) is 13.7 Å². The second-order valence-electron chi connectivity index (χ2n) is 6.69. The number of carbonyl (C=O) groups is 1. The van der Waals surface area contributed by atoms with E-state index in [4.69, 9.17) is 10.2 Å². The van der Waals surface area contributed by atoms with Crippen molar-refractivity contribution in [3.63, 3.8) is 0 Å². The molecule has 8 heteroatoms. The summed E-state index contributed by atoms with van der Waals surface area (Å²) in [7, 11) is -2.82. The molecule has 2 aromatic rings. The number of hydrogen-bond donors (Lipinski definition) is 2. The summed E-state index contributed by atoms with van der Waals surface area (Å²) in [6.07, 6.45) is 0. The average Bonchev–Trinajstić information content (AvgIpc) is 2.93. The van der Waals surface area contributed by atoms with E-state index in [1.54, 1.807) is 0 Å². The first-order chi connectivity index (χ1) is 12.6. The number of benzene rings is 1. The third kappa shape index (κ3) is 4.58. The molecule has 2 rings (SSSR count). The van der Waals surface area contributed by atoms with Gasteiger partial charge in [0.15, 0.2) is 0 Å². The highest BCUT2D eigenvalue weighted by atomic mass is 32.2. The van der Waals surface area contributed by atoms with Crippen LogP contribution in [0, 0.1) is 13.8 Å². The molecule has 0 aliphatic rings. The van der Waals surface area contributed by atoms with E-state index in [1.165, 1.54) is 26.5 Å². The zero-order valence-electron chi connectivity index (χ0n) is 16.2. The second-order valence-corrected chi connectivity index (χ2v) is 8.39. The number of nitrogens with two attached hydrogens (primary N) is 1. The zero-order chi connectivity index (χ0) is 20.4. The number of nitrogens with one attached hydrogen (secondary N) is 1. The maximum atomic E-state index is 12.8. The smallest absolute Gasteiger partial charge is 0.342 e. The van der Waals surface area contributed by atoms with Gasteiger partial charge in [0.1, 0.15) is 22.0 Å². The number of rotatable bonds is 7. The van der Waals surface area contributed by atoms with Crippen LogP contribution in [0.1, 0.15) is 58.8 Å². The van der Waals surface area contributed by atoms with E-state index in [9.17, 15) is 13.2 Å². The van der Waals surface area contributed by atoms with Crippen molar-refractivity contribution in [1.29, 1.82) is 0 Å². The van der Waals surface area contributed by atoms with Gasteiger partial charge in [0, 0.05) is 12.6 Å². The number of hydrogen-bond acceptors (Lipinski definition) is 6. The van der Waals surface area contributed by atoms with E-state index in [0.29, 0.717) is 5.92 Å². The van der Waals surface area contributed by atoms with Gasteiger partial charge in [-0.2, -0.15) is 0 Å². The van der Waals surface area contributed by atoms with Crippen LogP contribution in [0.25, 0.3) is 0 Å². The third-order valence-electron chi connectivity index (χ3n) is 4.39. The van der Waals surface area contributed by atoms with Crippen LogP contribution in [0.2, 0.25) is 0 Å². The first-order valence-corrected chi connectivity index (χ1v) is 10.1. The van der Waals surface area contributed by atoms with Gasteiger partial charge in [-0.15, -0.1) is 0 Å². The number of aryl methyl sites for hydroxylation is 2. The highest BCUT2D eigenvalue weighted by molar-refractivity contribution is 7.89. The fourth-order valence-electron chi connectivity index (χ4n) is 2.84. The number of carbonyl (C=O) groups excluding carboxylic acids is 1. The quantitative estimate of drug-likeness (QED) is 0.699. The molecule has 7 nitrogen and oxygen atoms in total. The van der Waals surface area contributed by atoms with Gasteiger partial charge < -0.3 is 14.9 Å². The van der Waals surface area contributed by atoms with Crippen LogP contribution < -0.4 is 10.5 Å². The van der Waals surface area contributed by atoms with Crippen molar-refractivity contribution < 1.29 is 22.4 Å². The lowest BCUT2D eigenvalue weighted by Crippen LogP contribution is -2.33. The lowest BCUT2D eigenvalue weighted by molar-refractivity contribution is 0.0595. The van der Waals surface area contributed by atoms with Crippen molar-refractivity contribution in [3.05, 3.63) is 52.5 Å². The van der Waals surface area contributed by atoms with Crippen LogP contribution in [0.3, 0.4) is 0 Å². The Balaban J connectivity index is 2.21. The van der Waals surface area contributed by atoms with E-state index in [1.807, 2.05) is 24.3 Å². The van der Waals surface area contributed by atoms with E-state index >= 15 is 0 Å². The number of ether oxygens (including phenoxy) is 1. The van der Waals surface area contributed by atoms with Gasteiger partial charge >= 0.3 is 5.97 Å². The lowest BCUT2D eigenvalue weighted by Gasteiger charge is -2.15. The van der Waals surface area contributed by atoms with Crippen LogP contribution in [0.4, 0.5) is 0 Å². The molecule has 0 saturated heterocycles. The van der Waals surface area contributed by atoms with E-state index < -0.39 is 22.0 Å². The van der Waals surface area contributed by atoms with Crippen LogP contribution >= 0.6 is 0 Å². The maximum absolute atomic E-state index is 12.8. The summed E-state index contributed by atoms with van der Waals surface area (Å²) in [6, 6.07) is 7.21. The number of furan rings is 1. The highest BCUT2D eigenvalue weighted by Crippen LogP contribution is 2.27. The molecule has 0 saturated carbocycles. The van der Waals surface area contributed by atoms with E-state index in [0.717, 1.165) is 5.56 Å². The van der Waals surface area contributed by atoms with Crippen molar-refractivity contribution in [1.82, 2.24) is 4.72 Å². The van der Waals surface area contributed by atoms with Gasteiger partial charge in [0.2, 0.25) is 10.0 Å². The molecule has 1 unspecified atom stereocenters. The summed E-state index contributed by atoms with van der Waals surface area (Å²) in [5.41, 5.74) is 8.03. The Hall–Kier alpha value is -2.16. The Labute approximate surface area is 159 Å². The van der Waals surface area contributed by atoms with Crippen molar-refractivity contribution in [2.45, 2.75) is 44.6 Å². The van der Waals surface area contributed by atoms with Crippen LogP contribution in [-0.2, 0) is 14.8 Å². The van der Waals surface area contributed by atoms with Crippen molar-refractivity contribution in [2.24, 2.45) is 5.73 Å². The molecule has 0 amide bonds. The molecule has 0 fully saturated rings. The monoisotopic (exact) mass is 394 g/mol. The van der Waals surface area contributed by atoms with E-state index in [2.05, 4.69) is 23.3 Å².